The van der Waals surface area contributed by atoms with Gasteiger partial charge in [0.25, 0.3) is 11.8 Å². The second kappa shape index (κ2) is 10.5. The number of alkyl carbamates (subject to hydrolysis) is 1. The van der Waals surface area contributed by atoms with Crippen LogP contribution in [0.3, 0.4) is 0 Å². The van der Waals surface area contributed by atoms with Gasteiger partial charge in [-0.15, -0.1) is 11.8 Å². The lowest BCUT2D eigenvalue weighted by molar-refractivity contribution is -0.150. The summed E-state index contributed by atoms with van der Waals surface area (Å²) in [7, 11) is 0. The highest BCUT2D eigenvalue weighted by Gasteiger charge is 2.54. The number of hydrogen-bond donors (Lipinski definition) is 4. The molecule has 0 aromatic carbocycles. The van der Waals surface area contributed by atoms with Crippen LogP contribution < -0.4 is 16.4 Å². The molecule has 5 N–H and O–H groups in total. The third-order valence-corrected chi connectivity index (χ3v) is 6.31. The molecular formula is C19H25N7O7S2. The molecule has 16 heteroatoms. The van der Waals surface area contributed by atoms with Gasteiger partial charge >= 0.3 is 12.1 Å². The minimum Gasteiger partial charge on any atom is -0.477 e. The molecule has 2 aliphatic heterocycles. The molecule has 3 amide bonds. The number of thioether (sulfide) groups is 1. The first-order valence-electron chi connectivity index (χ1n) is 10.4. The number of nitrogens with two attached hydrogens (primary N) is 1. The SMILES string of the molecule is CC1C=C(C(=O)O)N2C(=O)C(NC(=O)C(=NOCCNC(=O)OC(C)(C)C)c3nsc(N)n3)[C@H]2S1. The minimum atomic E-state index is -1.22. The van der Waals surface area contributed by atoms with E-state index in [0.29, 0.717) is 0 Å². The van der Waals surface area contributed by atoms with Crippen molar-refractivity contribution in [1.82, 2.24) is 24.9 Å². The van der Waals surface area contributed by atoms with Gasteiger partial charge in [-0.3, -0.25) is 14.5 Å². The molecule has 1 fully saturated rings. The number of aliphatic carboxylic acids is 1. The highest BCUT2D eigenvalue weighted by molar-refractivity contribution is 8.00. The molecule has 1 aromatic heterocycles. The average molecular weight is 528 g/mol. The molecule has 0 radical (unpaired) electrons. The average Bonchev–Trinajstić information content (AvgIpc) is 3.18. The van der Waals surface area contributed by atoms with Crippen LogP contribution in [0.15, 0.2) is 16.9 Å². The van der Waals surface area contributed by atoms with E-state index in [-0.39, 0.29) is 40.8 Å². The minimum absolute atomic E-state index is 0.0386. The lowest BCUT2D eigenvalue weighted by Gasteiger charge is -2.49. The number of anilines is 1. The molecule has 0 bridgehead atoms. The van der Waals surface area contributed by atoms with Gasteiger partial charge in [-0.25, -0.2) is 9.59 Å². The van der Waals surface area contributed by atoms with Gasteiger partial charge in [-0.05, 0) is 33.8 Å². The molecule has 3 rings (SSSR count). The number of hydrogen-bond acceptors (Lipinski definition) is 12. The first-order chi connectivity index (χ1) is 16.4. The summed E-state index contributed by atoms with van der Waals surface area (Å²) in [4.78, 5) is 58.9. The maximum atomic E-state index is 13.0. The van der Waals surface area contributed by atoms with Crippen molar-refractivity contribution in [3.63, 3.8) is 0 Å². The van der Waals surface area contributed by atoms with E-state index in [1.54, 1.807) is 27.7 Å². The summed E-state index contributed by atoms with van der Waals surface area (Å²) in [6.45, 7) is 6.90. The van der Waals surface area contributed by atoms with Crippen molar-refractivity contribution in [3.05, 3.63) is 17.6 Å². The predicted octanol–water partition coefficient (Wildman–Crippen LogP) is 0.123. The van der Waals surface area contributed by atoms with Crippen molar-refractivity contribution in [2.75, 3.05) is 18.9 Å². The topological polar surface area (TPSA) is 198 Å². The van der Waals surface area contributed by atoms with Gasteiger partial charge in [-0.1, -0.05) is 5.16 Å². The fourth-order valence-corrected chi connectivity index (χ4v) is 4.84. The molecule has 0 saturated carbocycles. The van der Waals surface area contributed by atoms with E-state index in [9.17, 15) is 24.3 Å². The zero-order valence-corrected chi connectivity index (χ0v) is 20.9. The van der Waals surface area contributed by atoms with Crippen molar-refractivity contribution >= 4 is 58.0 Å². The summed E-state index contributed by atoms with van der Waals surface area (Å²) in [6, 6.07) is -0.979. The summed E-state index contributed by atoms with van der Waals surface area (Å²) in [5.41, 5.74) is 4.50. The molecule has 35 heavy (non-hydrogen) atoms. The Morgan fingerprint density at radius 1 is 1.34 bits per heavy atom. The van der Waals surface area contributed by atoms with Gasteiger partial charge in [0, 0.05) is 16.8 Å². The van der Waals surface area contributed by atoms with Gasteiger partial charge in [0.1, 0.15) is 29.3 Å². The van der Waals surface area contributed by atoms with Crippen molar-refractivity contribution in [2.45, 2.75) is 50.0 Å². The van der Waals surface area contributed by atoms with Gasteiger partial charge < -0.3 is 31.0 Å². The molecule has 3 atom stereocenters. The fraction of sp³-hybridized carbons (Fsp3) is 0.526. The van der Waals surface area contributed by atoms with E-state index in [4.69, 9.17) is 15.3 Å². The van der Waals surface area contributed by atoms with E-state index >= 15 is 0 Å². The van der Waals surface area contributed by atoms with Gasteiger partial charge in [0.2, 0.25) is 11.5 Å². The lowest BCUT2D eigenvalue weighted by Crippen LogP contribution is -2.71. The fourth-order valence-electron chi connectivity index (χ4n) is 3.08. The molecule has 14 nitrogen and oxygen atoms in total. The summed E-state index contributed by atoms with van der Waals surface area (Å²) < 4.78 is 9.07. The van der Waals surface area contributed by atoms with E-state index < -0.39 is 40.9 Å². The Hall–Kier alpha value is -3.40. The third kappa shape index (κ3) is 6.39. The molecule has 3 heterocycles. The van der Waals surface area contributed by atoms with Crippen LogP contribution in [0.2, 0.25) is 0 Å². The van der Waals surface area contributed by atoms with E-state index in [1.807, 2.05) is 0 Å². The number of ether oxygens (including phenoxy) is 1. The number of aromatic nitrogens is 2. The zero-order chi connectivity index (χ0) is 25.9. The third-order valence-electron chi connectivity index (χ3n) is 4.44. The van der Waals surface area contributed by atoms with Crippen molar-refractivity contribution in [2.24, 2.45) is 5.16 Å². The Morgan fingerprint density at radius 3 is 2.66 bits per heavy atom. The van der Waals surface area contributed by atoms with Crippen LogP contribution in [0.4, 0.5) is 9.93 Å². The second-order valence-corrected chi connectivity index (χ2v) is 10.7. The first kappa shape index (κ1) is 26.2. The number of carbonyl (C=O) groups excluding carboxylic acids is 3. The maximum absolute atomic E-state index is 13.0. The molecule has 1 saturated heterocycles. The molecule has 0 spiro atoms. The van der Waals surface area contributed by atoms with Gasteiger partial charge in [0.15, 0.2) is 5.13 Å². The number of nitrogen functional groups attached to an aromatic ring is 1. The van der Waals surface area contributed by atoms with Gasteiger partial charge in [-0.2, -0.15) is 9.36 Å². The zero-order valence-electron chi connectivity index (χ0n) is 19.3. The smallest absolute Gasteiger partial charge is 0.407 e. The standard InChI is InChI=1S/C19H25N7O7S2/c1-8-7-9(16(29)30)26-14(28)11(15(26)34-8)22-13(27)10(12-23-17(20)35-25-12)24-32-6-5-21-18(31)33-19(2,3)4/h7-8,11,15H,5-6H2,1-4H3,(H,21,31)(H,22,27)(H,29,30)(H2,20,23,25)/t8?,11?,15-/m1/s1. The number of nitrogens with one attached hydrogen (secondary N) is 2. The quantitative estimate of drug-likeness (QED) is 0.155. The molecular weight excluding hydrogens is 502 g/mol. The van der Waals surface area contributed by atoms with Crippen LogP contribution in [-0.4, -0.2) is 84.4 Å². The number of carbonyl (C=O) groups is 4. The molecule has 2 aliphatic rings. The molecule has 190 valence electrons. The van der Waals surface area contributed by atoms with E-state index in [1.165, 1.54) is 17.8 Å². The Morgan fingerprint density at radius 2 is 2.06 bits per heavy atom. The summed E-state index contributed by atoms with van der Waals surface area (Å²) in [6.07, 6.45) is 0.840. The van der Waals surface area contributed by atoms with Crippen LogP contribution in [0.25, 0.3) is 0 Å². The summed E-state index contributed by atoms with van der Waals surface area (Å²) in [5, 5.41) is 17.5. The lowest BCUT2D eigenvalue weighted by atomic mass is 10.0. The highest BCUT2D eigenvalue weighted by Crippen LogP contribution is 2.40. The number of carboxylic acid groups (broad SMARTS) is 1. The predicted molar refractivity (Wildman–Crippen MR) is 126 cm³/mol. The van der Waals surface area contributed by atoms with Crippen molar-refractivity contribution in [1.29, 1.82) is 0 Å². The number of fused-ring (bicyclic) bond motifs is 1. The molecule has 2 unspecified atom stereocenters. The summed E-state index contributed by atoms with van der Waals surface area (Å²) in [5.74, 6) is -2.70. The molecule has 0 aliphatic carbocycles. The van der Waals surface area contributed by atoms with Gasteiger partial charge in [0.05, 0.1) is 6.54 Å². The Balaban J connectivity index is 1.65. The maximum Gasteiger partial charge on any atom is 0.407 e. The normalized spacial score (nSPS) is 21.9. The Labute approximate surface area is 208 Å². The van der Waals surface area contributed by atoms with Crippen LogP contribution in [0.5, 0.6) is 0 Å². The van der Waals surface area contributed by atoms with E-state index in [2.05, 4.69) is 25.1 Å². The van der Waals surface area contributed by atoms with Crippen LogP contribution in [0, 0.1) is 0 Å². The monoisotopic (exact) mass is 527 g/mol. The van der Waals surface area contributed by atoms with Crippen LogP contribution >= 0.6 is 23.3 Å². The van der Waals surface area contributed by atoms with Crippen molar-refractivity contribution in [3.8, 4) is 0 Å². The number of β-lactam (4-membered cyclic amide) rings is 1. The van der Waals surface area contributed by atoms with Crippen LogP contribution in [-0.2, 0) is 24.0 Å². The molecule has 1 aromatic rings. The van der Waals surface area contributed by atoms with E-state index in [0.717, 1.165) is 16.4 Å². The highest BCUT2D eigenvalue weighted by atomic mass is 32.2. The Bertz CT molecular complexity index is 1080. The second-order valence-electron chi connectivity index (χ2n) is 8.41. The van der Waals surface area contributed by atoms with Crippen molar-refractivity contribution < 1.29 is 33.9 Å². The number of rotatable bonds is 8. The first-order valence-corrected chi connectivity index (χ1v) is 12.1. The van der Waals surface area contributed by atoms with Crippen LogP contribution in [0.1, 0.15) is 33.5 Å². The number of oxime groups is 1. The summed E-state index contributed by atoms with van der Waals surface area (Å²) >= 11 is 2.17. The number of amides is 3. The Kier molecular flexibility index (Phi) is 7.84. The number of nitrogens with zero attached hydrogens (tertiary/aromatic N) is 4. The number of carboxylic acids is 1. The largest absolute Gasteiger partial charge is 0.477 e.